The van der Waals surface area contributed by atoms with Crippen LogP contribution in [0.4, 0.5) is 4.39 Å². The van der Waals surface area contributed by atoms with E-state index in [4.69, 9.17) is 4.74 Å². The first-order chi connectivity index (χ1) is 7.70. The summed E-state index contributed by atoms with van der Waals surface area (Å²) in [4.78, 5) is 0. The third-order valence-corrected chi connectivity index (χ3v) is 3.48. The van der Waals surface area contributed by atoms with E-state index in [1.165, 1.54) is 0 Å². The van der Waals surface area contributed by atoms with E-state index in [0.717, 1.165) is 19.3 Å². The fourth-order valence-electron chi connectivity index (χ4n) is 1.96. The van der Waals surface area contributed by atoms with Crippen molar-refractivity contribution in [1.82, 2.24) is 0 Å². The van der Waals surface area contributed by atoms with Crippen molar-refractivity contribution >= 4 is 15.9 Å². The lowest BCUT2D eigenvalue weighted by molar-refractivity contribution is -0.0644. The number of halogens is 2. The molecule has 2 nitrogen and oxygen atoms in total. The van der Waals surface area contributed by atoms with Gasteiger partial charge in [-0.1, -0.05) is 12.1 Å². The molecule has 0 radical (unpaired) electrons. The molecule has 0 saturated carbocycles. The van der Waals surface area contributed by atoms with Gasteiger partial charge in [0.05, 0.1) is 10.6 Å². The summed E-state index contributed by atoms with van der Waals surface area (Å²) in [5.74, 6) is -0.399. The van der Waals surface area contributed by atoms with Crippen LogP contribution in [-0.4, -0.2) is 17.8 Å². The van der Waals surface area contributed by atoms with Crippen molar-refractivity contribution in [3.8, 4) is 0 Å². The monoisotopic (exact) mass is 288 g/mol. The summed E-state index contributed by atoms with van der Waals surface area (Å²) >= 11 is 3.11. The van der Waals surface area contributed by atoms with E-state index < -0.39 is 11.9 Å². The second-order valence-electron chi connectivity index (χ2n) is 3.99. The third kappa shape index (κ3) is 2.44. The fourth-order valence-corrected chi connectivity index (χ4v) is 2.35. The molecule has 16 heavy (non-hydrogen) atoms. The summed E-state index contributed by atoms with van der Waals surface area (Å²) in [6.07, 6.45) is 1.67. The highest BCUT2D eigenvalue weighted by atomic mass is 79.9. The maximum absolute atomic E-state index is 13.7. The van der Waals surface area contributed by atoms with Gasteiger partial charge in [-0.05, 0) is 41.3 Å². The lowest BCUT2D eigenvalue weighted by atomic mass is 9.98. The number of rotatable bonds is 2. The summed E-state index contributed by atoms with van der Waals surface area (Å²) in [6, 6.07) is 4.94. The van der Waals surface area contributed by atoms with Gasteiger partial charge in [0.1, 0.15) is 11.9 Å². The molecule has 1 saturated heterocycles. The Hall–Kier alpha value is -0.450. The standard InChI is InChI=1S/C12H14BrFO2/c13-9-5-3-4-8(11(9)14)12(15)10-6-1-2-7-16-10/h3-5,10,12,15H,1-2,6-7H2. The Labute approximate surface area is 103 Å². The minimum Gasteiger partial charge on any atom is -0.386 e. The molecule has 1 aliphatic heterocycles. The molecule has 1 fully saturated rings. The molecule has 88 valence electrons. The van der Waals surface area contributed by atoms with Crippen LogP contribution >= 0.6 is 15.9 Å². The smallest absolute Gasteiger partial charge is 0.143 e. The number of hydrogen-bond acceptors (Lipinski definition) is 2. The van der Waals surface area contributed by atoms with Crippen LogP contribution in [0, 0.1) is 5.82 Å². The summed E-state index contributed by atoms with van der Waals surface area (Å²) in [5, 5.41) is 10.1. The highest BCUT2D eigenvalue weighted by molar-refractivity contribution is 9.10. The van der Waals surface area contributed by atoms with Gasteiger partial charge in [-0.3, -0.25) is 0 Å². The van der Waals surface area contributed by atoms with E-state index in [9.17, 15) is 9.50 Å². The van der Waals surface area contributed by atoms with Crippen LogP contribution in [-0.2, 0) is 4.74 Å². The van der Waals surface area contributed by atoms with Gasteiger partial charge in [-0.15, -0.1) is 0 Å². The van der Waals surface area contributed by atoms with E-state index in [0.29, 0.717) is 16.6 Å². The number of aliphatic hydroxyl groups is 1. The van der Waals surface area contributed by atoms with Crippen molar-refractivity contribution in [2.75, 3.05) is 6.61 Å². The lowest BCUT2D eigenvalue weighted by Crippen LogP contribution is -2.27. The minimum atomic E-state index is -0.877. The van der Waals surface area contributed by atoms with E-state index in [2.05, 4.69) is 15.9 Å². The Balaban J connectivity index is 2.19. The van der Waals surface area contributed by atoms with E-state index in [1.54, 1.807) is 18.2 Å². The highest BCUT2D eigenvalue weighted by Crippen LogP contribution is 2.30. The Morgan fingerprint density at radius 1 is 1.44 bits per heavy atom. The van der Waals surface area contributed by atoms with Crippen LogP contribution in [0.5, 0.6) is 0 Å². The Morgan fingerprint density at radius 3 is 2.94 bits per heavy atom. The van der Waals surface area contributed by atoms with Gasteiger partial charge in [-0.25, -0.2) is 4.39 Å². The van der Waals surface area contributed by atoms with Gasteiger partial charge < -0.3 is 9.84 Å². The zero-order valence-corrected chi connectivity index (χ0v) is 10.4. The second-order valence-corrected chi connectivity index (χ2v) is 4.85. The molecule has 0 amide bonds. The average molecular weight is 289 g/mol. The second kappa shape index (κ2) is 5.25. The van der Waals surface area contributed by atoms with Crippen LogP contribution in [0.2, 0.25) is 0 Å². The van der Waals surface area contributed by atoms with Gasteiger partial charge in [0.2, 0.25) is 0 Å². The first-order valence-corrected chi connectivity index (χ1v) is 6.23. The molecule has 0 bridgehead atoms. The lowest BCUT2D eigenvalue weighted by Gasteiger charge is -2.27. The topological polar surface area (TPSA) is 29.5 Å². The molecule has 1 aliphatic rings. The van der Waals surface area contributed by atoms with E-state index in [-0.39, 0.29) is 6.10 Å². The minimum absolute atomic E-state index is 0.280. The van der Waals surface area contributed by atoms with Crippen molar-refractivity contribution in [3.05, 3.63) is 34.1 Å². The predicted octanol–water partition coefficient (Wildman–Crippen LogP) is 3.19. The van der Waals surface area contributed by atoms with Crippen molar-refractivity contribution in [3.63, 3.8) is 0 Å². The van der Waals surface area contributed by atoms with Crippen molar-refractivity contribution in [2.45, 2.75) is 31.5 Å². The maximum atomic E-state index is 13.7. The Morgan fingerprint density at radius 2 is 2.25 bits per heavy atom. The van der Waals surface area contributed by atoms with Crippen molar-refractivity contribution in [2.24, 2.45) is 0 Å². The highest BCUT2D eigenvalue weighted by Gasteiger charge is 2.26. The SMILES string of the molecule is OC(c1cccc(Br)c1F)C1CCCCO1. The Bertz CT molecular complexity index is 364. The molecule has 0 aliphatic carbocycles. The molecule has 1 aromatic carbocycles. The average Bonchev–Trinajstić information content (AvgIpc) is 2.33. The summed E-state index contributed by atoms with van der Waals surface area (Å²) < 4.78 is 19.6. The molecule has 2 unspecified atom stereocenters. The number of ether oxygens (including phenoxy) is 1. The van der Waals surface area contributed by atoms with Crippen LogP contribution in [0.1, 0.15) is 30.9 Å². The molecule has 1 N–H and O–H groups in total. The fraction of sp³-hybridized carbons (Fsp3) is 0.500. The quantitative estimate of drug-likeness (QED) is 0.906. The van der Waals surface area contributed by atoms with E-state index in [1.807, 2.05) is 0 Å². The Kier molecular flexibility index (Phi) is 3.95. The van der Waals surface area contributed by atoms with Gasteiger partial charge in [0, 0.05) is 12.2 Å². The normalized spacial score (nSPS) is 23.1. The molecule has 2 atom stereocenters. The van der Waals surface area contributed by atoms with E-state index >= 15 is 0 Å². The van der Waals surface area contributed by atoms with Gasteiger partial charge >= 0.3 is 0 Å². The molecular formula is C12H14BrFO2. The summed E-state index contributed by atoms with van der Waals surface area (Å²) in [7, 11) is 0. The first-order valence-electron chi connectivity index (χ1n) is 5.43. The van der Waals surface area contributed by atoms with Crippen LogP contribution < -0.4 is 0 Å². The molecular weight excluding hydrogens is 275 g/mol. The van der Waals surface area contributed by atoms with Crippen molar-refractivity contribution < 1.29 is 14.2 Å². The molecule has 0 spiro atoms. The van der Waals surface area contributed by atoms with Crippen molar-refractivity contribution in [1.29, 1.82) is 0 Å². The van der Waals surface area contributed by atoms with Gasteiger partial charge in [0.25, 0.3) is 0 Å². The maximum Gasteiger partial charge on any atom is 0.143 e. The molecule has 1 heterocycles. The molecule has 0 aromatic heterocycles. The largest absolute Gasteiger partial charge is 0.386 e. The van der Waals surface area contributed by atoms with Gasteiger partial charge in [0.15, 0.2) is 0 Å². The zero-order chi connectivity index (χ0) is 11.5. The van der Waals surface area contributed by atoms with Crippen LogP contribution in [0.15, 0.2) is 22.7 Å². The molecule has 4 heteroatoms. The third-order valence-electron chi connectivity index (χ3n) is 2.87. The molecule has 1 aromatic rings. The summed E-state index contributed by atoms with van der Waals surface area (Å²) in [5.41, 5.74) is 0.307. The molecule has 2 rings (SSSR count). The summed E-state index contributed by atoms with van der Waals surface area (Å²) in [6.45, 7) is 0.650. The number of hydrogen-bond donors (Lipinski definition) is 1. The first kappa shape index (κ1) is 12.0. The number of aliphatic hydroxyl groups excluding tert-OH is 1. The van der Waals surface area contributed by atoms with Crippen LogP contribution in [0.3, 0.4) is 0 Å². The predicted molar refractivity (Wildman–Crippen MR) is 62.7 cm³/mol. The van der Waals surface area contributed by atoms with Crippen LogP contribution in [0.25, 0.3) is 0 Å². The van der Waals surface area contributed by atoms with Gasteiger partial charge in [-0.2, -0.15) is 0 Å². The number of benzene rings is 1. The zero-order valence-electron chi connectivity index (χ0n) is 8.83.